The van der Waals surface area contributed by atoms with Gasteiger partial charge in [0.15, 0.2) is 5.78 Å². The van der Waals surface area contributed by atoms with Crippen LogP contribution in [-0.4, -0.2) is 15.6 Å². The summed E-state index contributed by atoms with van der Waals surface area (Å²) in [5, 5.41) is 4.53. The van der Waals surface area contributed by atoms with Crippen LogP contribution in [0, 0.1) is 34.6 Å². The van der Waals surface area contributed by atoms with Crippen LogP contribution in [0.1, 0.15) is 50.9 Å². The fraction of sp³-hybridized carbons (Fsp3) is 0.412. The molecule has 1 aromatic heterocycles. The normalized spacial score (nSPS) is 10.9. The van der Waals surface area contributed by atoms with Gasteiger partial charge in [0.2, 0.25) is 0 Å². The van der Waals surface area contributed by atoms with Crippen molar-refractivity contribution in [3.63, 3.8) is 0 Å². The van der Waals surface area contributed by atoms with Crippen molar-refractivity contribution in [2.75, 3.05) is 0 Å². The number of hydrogen-bond donors (Lipinski definition) is 0. The molecule has 0 bridgehead atoms. The molecular formula is C17H22N2O. The first-order valence-electron chi connectivity index (χ1n) is 6.93. The summed E-state index contributed by atoms with van der Waals surface area (Å²) in [6, 6.07) is 4.39. The van der Waals surface area contributed by atoms with Crippen LogP contribution in [0.15, 0.2) is 12.1 Å². The van der Waals surface area contributed by atoms with E-state index in [4.69, 9.17) is 0 Å². The Morgan fingerprint density at radius 1 is 1.10 bits per heavy atom. The lowest BCUT2D eigenvalue weighted by Gasteiger charge is -2.12. The molecule has 0 saturated carbocycles. The van der Waals surface area contributed by atoms with Gasteiger partial charge in [-0.1, -0.05) is 17.7 Å². The molecule has 0 unspecified atom stereocenters. The largest absolute Gasteiger partial charge is 0.294 e. The molecule has 1 heterocycles. The molecule has 0 N–H and O–H groups in total. The number of Topliss-reactive ketones (excluding diaryl/α,β-unsaturated/α-hetero) is 1. The van der Waals surface area contributed by atoms with Crippen LogP contribution in [0.5, 0.6) is 0 Å². The highest BCUT2D eigenvalue weighted by Gasteiger charge is 2.16. The predicted octanol–water partition coefficient (Wildman–Crippen LogP) is 3.68. The molecule has 20 heavy (non-hydrogen) atoms. The second kappa shape index (κ2) is 5.23. The molecule has 0 saturated heterocycles. The summed E-state index contributed by atoms with van der Waals surface area (Å²) in [7, 11) is 0. The van der Waals surface area contributed by atoms with Crippen molar-refractivity contribution < 1.29 is 4.79 Å². The number of carbonyl (C=O) groups is 1. The number of hydrogen-bond acceptors (Lipinski definition) is 2. The molecule has 0 atom stereocenters. The standard InChI is InChI=1S/C17H22N2O/c1-10-7-11(2)16(12(3)8-10)9-19-14(5)17(15(6)20)13(4)18-19/h7-8H,9H2,1-6H3. The molecule has 3 nitrogen and oxygen atoms in total. The average molecular weight is 270 g/mol. The molecule has 3 heteroatoms. The number of carbonyl (C=O) groups excluding carboxylic acids is 1. The minimum absolute atomic E-state index is 0.0867. The van der Waals surface area contributed by atoms with E-state index >= 15 is 0 Å². The minimum Gasteiger partial charge on any atom is -0.294 e. The summed E-state index contributed by atoms with van der Waals surface area (Å²) in [4.78, 5) is 11.7. The van der Waals surface area contributed by atoms with Crippen LogP contribution in [0.25, 0.3) is 0 Å². The van der Waals surface area contributed by atoms with Crippen LogP contribution in [-0.2, 0) is 6.54 Å². The number of rotatable bonds is 3. The Labute approximate surface area is 120 Å². The Morgan fingerprint density at radius 2 is 1.65 bits per heavy atom. The summed E-state index contributed by atoms with van der Waals surface area (Å²) in [6.07, 6.45) is 0. The van der Waals surface area contributed by atoms with Crippen molar-refractivity contribution in [2.45, 2.75) is 48.1 Å². The number of ketones is 1. The van der Waals surface area contributed by atoms with Gasteiger partial charge >= 0.3 is 0 Å². The van der Waals surface area contributed by atoms with E-state index in [1.807, 2.05) is 18.5 Å². The van der Waals surface area contributed by atoms with Crippen molar-refractivity contribution in [1.82, 2.24) is 9.78 Å². The minimum atomic E-state index is 0.0867. The van der Waals surface area contributed by atoms with Gasteiger partial charge < -0.3 is 0 Å². The molecule has 0 aliphatic rings. The molecular weight excluding hydrogens is 248 g/mol. The Kier molecular flexibility index (Phi) is 3.80. The highest BCUT2D eigenvalue weighted by molar-refractivity contribution is 5.96. The summed E-state index contributed by atoms with van der Waals surface area (Å²) in [5.41, 5.74) is 7.65. The highest BCUT2D eigenvalue weighted by Crippen LogP contribution is 2.20. The van der Waals surface area contributed by atoms with Crippen LogP contribution >= 0.6 is 0 Å². The zero-order valence-electron chi connectivity index (χ0n) is 13.2. The van der Waals surface area contributed by atoms with E-state index in [1.165, 1.54) is 22.3 Å². The Hall–Kier alpha value is -1.90. The third kappa shape index (κ3) is 2.53. The van der Waals surface area contributed by atoms with Gasteiger partial charge in [0, 0.05) is 5.69 Å². The zero-order valence-corrected chi connectivity index (χ0v) is 13.2. The van der Waals surface area contributed by atoms with Crippen molar-refractivity contribution in [2.24, 2.45) is 0 Å². The van der Waals surface area contributed by atoms with E-state index in [0.717, 1.165) is 23.5 Å². The lowest BCUT2D eigenvalue weighted by Crippen LogP contribution is -2.08. The van der Waals surface area contributed by atoms with Crippen molar-refractivity contribution in [1.29, 1.82) is 0 Å². The third-order valence-corrected chi connectivity index (χ3v) is 3.88. The van der Waals surface area contributed by atoms with Crippen LogP contribution in [0.4, 0.5) is 0 Å². The van der Waals surface area contributed by atoms with E-state index in [1.54, 1.807) is 6.92 Å². The van der Waals surface area contributed by atoms with Gasteiger partial charge in [-0.15, -0.1) is 0 Å². The molecule has 0 amide bonds. The number of aromatic nitrogens is 2. The summed E-state index contributed by atoms with van der Waals surface area (Å²) in [6.45, 7) is 12.6. The van der Waals surface area contributed by atoms with Gasteiger partial charge in [-0.3, -0.25) is 9.48 Å². The van der Waals surface area contributed by atoms with Crippen molar-refractivity contribution in [3.8, 4) is 0 Å². The molecule has 2 aromatic rings. The van der Waals surface area contributed by atoms with Gasteiger partial charge in [0.05, 0.1) is 17.8 Å². The fourth-order valence-corrected chi connectivity index (χ4v) is 2.97. The van der Waals surface area contributed by atoms with Crippen molar-refractivity contribution >= 4 is 5.78 Å². The molecule has 0 fully saturated rings. The molecule has 0 aliphatic carbocycles. The van der Waals surface area contributed by atoms with Crippen LogP contribution in [0.2, 0.25) is 0 Å². The predicted molar refractivity (Wildman–Crippen MR) is 81.5 cm³/mol. The lowest BCUT2D eigenvalue weighted by atomic mass is 10.00. The topological polar surface area (TPSA) is 34.9 Å². The number of nitrogens with zero attached hydrogens (tertiary/aromatic N) is 2. The first kappa shape index (κ1) is 14.5. The Bertz CT molecular complexity index is 658. The number of aryl methyl sites for hydroxylation is 4. The lowest BCUT2D eigenvalue weighted by molar-refractivity contribution is 0.101. The SMILES string of the molecule is CC(=O)c1c(C)nn(Cc2c(C)cc(C)cc2C)c1C. The van der Waals surface area contributed by atoms with E-state index in [2.05, 4.69) is 38.0 Å². The monoisotopic (exact) mass is 270 g/mol. The summed E-state index contributed by atoms with van der Waals surface area (Å²) < 4.78 is 1.94. The second-order valence-electron chi connectivity index (χ2n) is 5.64. The maximum atomic E-state index is 11.7. The number of benzene rings is 1. The van der Waals surface area contributed by atoms with Gasteiger partial charge in [-0.05, 0) is 58.2 Å². The first-order chi connectivity index (χ1) is 9.31. The maximum Gasteiger partial charge on any atom is 0.163 e. The van der Waals surface area contributed by atoms with Crippen LogP contribution < -0.4 is 0 Å². The average Bonchev–Trinajstić information content (AvgIpc) is 2.58. The second-order valence-corrected chi connectivity index (χ2v) is 5.64. The molecule has 1 aromatic carbocycles. The van der Waals surface area contributed by atoms with E-state index in [9.17, 15) is 4.79 Å². The van der Waals surface area contributed by atoms with Gasteiger partial charge in [-0.2, -0.15) is 5.10 Å². The highest BCUT2D eigenvalue weighted by atomic mass is 16.1. The third-order valence-electron chi connectivity index (χ3n) is 3.88. The molecule has 0 aliphatic heterocycles. The van der Waals surface area contributed by atoms with Crippen LogP contribution in [0.3, 0.4) is 0 Å². The zero-order chi connectivity index (χ0) is 15.0. The summed E-state index contributed by atoms with van der Waals surface area (Å²) in [5.74, 6) is 0.0867. The van der Waals surface area contributed by atoms with Gasteiger partial charge in [0.25, 0.3) is 0 Å². The molecule has 106 valence electrons. The van der Waals surface area contributed by atoms with E-state index < -0.39 is 0 Å². The quantitative estimate of drug-likeness (QED) is 0.797. The van der Waals surface area contributed by atoms with Gasteiger partial charge in [-0.25, -0.2) is 0 Å². The smallest absolute Gasteiger partial charge is 0.163 e. The first-order valence-corrected chi connectivity index (χ1v) is 6.93. The Morgan fingerprint density at radius 3 is 2.10 bits per heavy atom. The van der Waals surface area contributed by atoms with E-state index in [0.29, 0.717) is 0 Å². The maximum absolute atomic E-state index is 11.7. The Balaban J connectivity index is 2.46. The molecule has 2 rings (SSSR count). The van der Waals surface area contributed by atoms with Gasteiger partial charge in [0.1, 0.15) is 0 Å². The van der Waals surface area contributed by atoms with Crippen molar-refractivity contribution in [3.05, 3.63) is 51.3 Å². The fourth-order valence-electron chi connectivity index (χ4n) is 2.97. The van der Waals surface area contributed by atoms with E-state index in [-0.39, 0.29) is 5.78 Å². The summed E-state index contributed by atoms with van der Waals surface area (Å²) >= 11 is 0. The molecule has 0 spiro atoms. The molecule has 0 radical (unpaired) electrons.